The van der Waals surface area contributed by atoms with Crippen LogP contribution in [0.25, 0.3) is 0 Å². The normalized spacial score (nSPS) is 14.7. The Kier molecular flexibility index (Phi) is 3.43. The van der Waals surface area contributed by atoms with Gasteiger partial charge in [-0.15, -0.1) is 11.8 Å². The standard InChI is InChI=1S/C8H11N3O2S/c1-8(9,7(12)13)4-14-6-2-3-10-5-11-6/h2-3,5H,4,9H2,1H3,(H,12,13). The van der Waals surface area contributed by atoms with Crippen molar-refractivity contribution < 1.29 is 9.90 Å². The Labute approximate surface area is 85.7 Å². The Balaban J connectivity index is 2.53. The van der Waals surface area contributed by atoms with E-state index in [0.29, 0.717) is 0 Å². The zero-order valence-corrected chi connectivity index (χ0v) is 8.49. The number of carboxylic acids is 1. The quantitative estimate of drug-likeness (QED) is 0.555. The molecule has 0 aromatic carbocycles. The molecular weight excluding hydrogens is 202 g/mol. The highest BCUT2D eigenvalue weighted by Crippen LogP contribution is 2.18. The van der Waals surface area contributed by atoms with Crippen LogP contribution < -0.4 is 5.73 Å². The number of rotatable bonds is 4. The predicted octanol–water partition coefficient (Wildman–Crippen LogP) is 0.371. The van der Waals surface area contributed by atoms with Crippen molar-refractivity contribution in [2.75, 3.05) is 5.75 Å². The number of hydrogen-bond donors (Lipinski definition) is 2. The molecule has 1 heterocycles. The first kappa shape index (κ1) is 10.9. The minimum absolute atomic E-state index is 0.277. The van der Waals surface area contributed by atoms with E-state index in [9.17, 15) is 4.79 Å². The lowest BCUT2D eigenvalue weighted by Gasteiger charge is -2.17. The minimum atomic E-state index is -1.23. The molecule has 0 radical (unpaired) electrons. The van der Waals surface area contributed by atoms with Crippen molar-refractivity contribution in [1.29, 1.82) is 0 Å². The lowest BCUT2D eigenvalue weighted by molar-refractivity contribution is -0.141. The number of thioether (sulfide) groups is 1. The maximum absolute atomic E-state index is 10.7. The van der Waals surface area contributed by atoms with E-state index in [1.165, 1.54) is 25.0 Å². The fourth-order valence-electron chi connectivity index (χ4n) is 0.650. The van der Waals surface area contributed by atoms with Crippen LogP contribution in [0.3, 0.4) is 0 Å². The molecule has 0 saturated carbocycles. The summed E-state index contributed by atoms with van der Waals surface area (Å²) in [6.45, 7) is 1.48. The lowest BCUT2D eigenvalue weighted by Crippen LogP contribution is -2.47. The SMILES string of the molecule is CC(N)(CSc1ccncn1)C(=O)O. The summed E-state index contributed by atoms with van der Waals surface area (Å²) in [7, 11) is 0. The maximum Gasteiger partial charge on any atom is 0.324 e. The van der Waals surface area contributed by atoms with Crippen LogP contribution in [0.5, 0.6) is 0 Å². The van der Waals surface area contributed by atoms with E-state index in [4.69, 9.17) is 10.8 Å². The molecule has 0 aliphatic carbocycles. The van der Waals surface area contributed by atoms with Gasteiger partial charge in [-0.3, -0.25) is 4.79 Å². The van der Waals surface area contributed by atoms with Crippen molar-refractivity contribution in [3.8, 4) is 0 Å². The number of nitrogens with two attached hydrogens (primary N) is 1. The highest BCUT2D eigenvalue weighted by Gasteiger charge is 2.27. The molecule has 1 aromatic rings. The zero-order chi connectivity index (χ0) is 10.6. The smallest absolute Gasteiger partial charge is 0.324 e. The molecule has 1 atom stereocenters. The van der Waals surface area contributed by atoms with Crippen LogP contribution in [0.4, 0.5) is 0 Å². The molecular formula is C8H11N3O2S. The molecule has 6 heteroatoms. The van der Waals surface area contributed by atoms with Gasteiger partial charge in [0.25, 0.3) is 0 Å². The fourth-order valence-corrected chi connectivity index (χ4v) is 1.50. The van der Waals surface area contributed by atoms with Crippen molar-refractivity contribution >= 4 is 17.7 Å². The highest BCUT2D eigenvalue weighted by atomic mass is 32.2. The van der Waals surface area contributed by atoms with Crippen LogP contribution in [0.1, 0.15) is 6.92 Å². The van der Waals surface area contributed by atoms with Gasteiger partial charge in [0.15, 0.2) is 0 Å². The molecule has 0 fully saturated rings. The second kappa shape index (κ2) is 4.39. The van der Waals surface area contributed by atoms with Crippen molar-refractivity contribution in [3.63, 3.8) is 0 Å². The van der Waals surface area contributed by atoms with Crippen LogP contribution >= 0.6 is 11.8 Å². The van der Waals surface area contributed by atoms with Crippen molar-refractivity contribution in [1.82, 2.24) is 9.97 Å². The number of carboxylic acid groups (broad SMARTS) is 1. The molecule has 3 N–H and O–H groups in total. The van der Waals surface area contributed by atoms with Crippen molar-refractivity contribution in [3.05, 3.63) is 18.6 Å². The summed E-state index contributed by atoms with van der Waals surface area (Å²) >= 11 is 1.30. The summed E-state index contributed by atoms with van der Waals surface area (Å²) in [6, 6.07) is 1.71. The summed E-state index contributed by atoms with van der Waals surface area (Å²) in [4.78, 5) is 18.4. The Morgan fingerprint density at radius 3 is 3.00 bits per heavy atom. The van der Waals surface area contributed by atoms with Gasteiger partial charge in [0.1, 0.15) is 11.9 Å². The molecule has 76 valence electrons. The van der Waals surface area contributed by atoms with Crippen molar-refractivity contribution in [2.24, 2.45) is 5.73 Å². The largest absolute Gasteiger partial charge is 0.480 e. The minimum Gasteiger partial charge on any atom is -0.480 e. The molecule has 0 aliphatic heterocycles. The topological polar surface area (TPSA) is 89.1 Å². The fraction of sp³-hybridized carbons (Fsp3) is 0.375. The molecule has 0 aliphatic rings. The summed E-state index contributed by atoms with van der Waals surface area (Å²) < 4.78 is 0. The monoisotopic (exact) mass is 213 g/mol. The number of nitrogens with zero attached hydrogens (tertiary/aromatic N) is 2. The second-order valence-corrected chi connectivity index (χ2v) is 4.05. The van der Waals surface area contributed by atoms with Gasteiger partial charge in [-0.25, -0.2) is 9.97 Å². The Morgan fingerprint density at radius 2 is 2.50 bits per heavy atom. The predicted molar refractivity (Wildman–Crippen MR) is 53.0 cm³/mol. The molecule has 0 amide bonds. The summed E-state index contributed by atoms with van der Waals surface area (Å²) in [5.41, 5.74) is 4.32. The summed E-state index contributed by atoms with van der Waals surface area (Å²) in [6.07, 6.45) is 3.01. The number of aliphatic carboxylic acids is 1. The Morgan fingerprint density at radius 1 is 1.79 bits per heavy atom. The Bertz CT molecular complexity index is 316. The van der Waals surface area contributed by atoms with Crippen LogP contribution in [-0.4, -0.2) is 32.3 Å². The summed E-state index contributed by atoms with van der Waals surface area (Å²) in [5, 5.41) is 9.47. The van der Waals surface area contributed by atoms with Gasteiger partial charge in [-0.2, -0.15) is 0 Å². The van der Waals surface area contributed by atoms with Crippen LogP contribution in [0.15, 0.2) is 23.6 Å². The van der Waals surface area contributed by atoms with E-state index >= 15 is 0 Å². The van der Waals surface area contributed by atoms with Gasteiger partial charge in [-0.05, 0) is 13.0 Å². The first-order valence-corrected chi connectivity index (χ1v) is 4.92. The molecule has 5 nitrogen and oxygen atoms in total. The lowest BCUT2D eigenvalue weighted by atomic mass is 10.1. The maximum atomic E-state index is 10.7. The average molecular weight is 213 g/mol. The number of aromatic nitrogens is 2. The zero-order valence-electron chi connectivity index (χ0n) is 7.67. The second-order valence-electron chi connectivity index (χ2n) is 3.06. The summed E-state index contributed by atoms with van der Waals surface area (Å²) in [5.74, 6) is -0.738. The van der Waals surface area contributed by atoms with E-state index < -0.39 is 11.5 Å². The van der Waals surface area contributed by atoms with E-state index in [1.54, 1.807) is 12.3 Å². The number of hydrogen-bond acceptors (Lipinski definition) is 5. The van der Waals surface area contributed by atoms with E-state index in [2.05, 4.69) is 9.97 Å². The molecule has 0 bridgehead atoms. The molecule has 1 aromatic heterocycles. The van der Waals surface area contributed by atoms with Gasteiger partial charge in [0.05, 0.1) is 5.03 Å². The third-order valence-corrected chi connectivity index (χ3v) is 2.84. The van der Waals surface area contributed by atoms with Gasteiger partial charge in [0, 0.05) is 11.9 Å². The third-order valence-electron chi connectivity index (χ3n) is 1.56. The van der Waals surface area contributed by atoms with Gasteiger partial charge in [-0.1, -0.05) is 0 Å². The molecule has 1 rings (SSSR count). The molecule has 0 saturated heterocycles. The Hall–Kier alpha value is -1.14. The molecule has 0 spiro atoms. The van der Waals surface area contributed by atoms with Gasteiger partial charge in [0.2, 0.25) is 0 Å². The average Bonchev–Trinajstić information content (AvgIpc) is 2.16. The van der Waals surface area contributed by atoms with E-state index in [-0.39, 0.29) is 5.75 Å². The first-order valence-electron chi connectivity index (χ1n) is 3.93. The van der Waals surface area contributed by atoms with E-state index in [1.807, 2.05) is 0 Å². The van der Waals surface area contributed by atoms with E-state index in [0.717, 1.165) is 5.03 Å². The van der Waals surface area contributed by atoms with Gasteiger partial charge < -0.3 is 10.8 Å². The first-order chi connectivity index (χ1) is 6.52. The molecule has 14 heavy (non-hydrogen) atoms. The third kappa shape index (κ3) is 2.97. The van der Waals surface area contributed by atoms with Gasteiger partial charge >= 0.3 is 5.97 Å². The molecule has 1 unspecified atom stereocenters. The highest BCUT2D eigenvalue weighted by molar-refractivity contribution is 7.99. The number of carbonyl (C=O) groups is 1. The van der Waals surface area contributed by atoms with Crippen molar-refractivity contribution in [2.45, 2.75) is 17.5 Å². The van der Waals surface area contributed by atoms with Crippen LogP contribution in [0, 0.1) is 0 Å². The van der Waals surface area contributed by atoms with Crippen LogP contribution in [-0.2, 0) is 4.79 Å². The van der Waals surface area contributed by atoms with Crippen LogP contribution in [0.2, 0.25) is 0 Å².